The minimum absolute atomic E-state index is 0.0182. The van der Waals surface area contributed by atoms with Crippen molar-refractivity contribution in [3.63, 3.8) is 0 Å². The van der Waals surface area contributed by atoms with Gasteiger partial charge >= 0.3 is 0 Å². The van der Waals surface area contributed by atoms with Gasteiger partial charge in [0.2, 0.25) is 0 Å². The summed E-state index contributed by atoms with van der Waals surface area (Å²) in [5, 5.41) is 12.1. The maximum absolute atomic E-state index is 13.6. The molecule has 0 saturated heterocycles. The highest BCUT2D eigenvalue weighted by molar-refractivity contribution is 5.56. The maximum Gasteiger partial charge on any atom is 0.263 e. The van der Waals surface area contributed by atoms with Gasteiger partial charge in [-0.3, -0.25) is 0 Å². The molecule has 0 saturated carbocycles. The van der Waals surface area contributed by atoms with E-state index in [1.54, 1.807) is 0 Å². The highest BCUT2D eigenvalue weighted by Gasteiger charge is 2.19. The third-order valence-electron chi connectivity index (χ3n) is 2.11. The molecule has 1 N–H and O–H groups in total. The zero-order valence-electron chi connectivity index (χ0n) is 8.37. The molecule has 1 heterocycles. The lowest BCUT2D eigenvalue weighted by Crippen LogP contribution is -1.94. The number of aryl methyl sites for hydroxylation is 1. The Morgan fingerprint density at radius 2 is 2.12 bits per heavy atom. The molecule has 4 nitrogen and oxygen atoms in total. The fourth-order valence-corrected chi connectivity index (χ4v) is 1.27. The molecule has 0 fully saturated rings. The lowest BCUT2D eigenvalue weighted by Gasteiger charge is -2.01. The Morgan fingerprint density at radius 3 is 2.75 bits per heavy atom. The highest BCUT2D eigenvalue weighted by atomic mass is 19.1. The number of aliphatic hydroxyl groups is 1. The van der Waals surface area contributed by atoms with E-state index in [1.807, 2.05) is 0 Å². The molecule has 2 aromatic rings. The van der Waals surface area contributed by atoms with Crippen molar-refractivity contribution < 1.29 is 18.4 Å². The smallest absolute Gasteiger partial charge is 0.263 e. The van der Waals surface area contributed by atoms with Crippen LogP contribution in [0.2, 0.25) is 0 Å². The molecule has 0 radical (unpaired) electrons. The van der Waals surface area contributed by atoms with Gasteiger partial charge in [0.1, 0.15) is 23.8 Å². The predicted octanol–water partition coefficient (Wildman–Crippen LogP) is 1.82. The van der Waals surface area contributed by atoms with Gasteiger partial charge in [0.15, 0.2) is 5.82 Å². The van der Waals surface area contributed by atoms with E-state index >= 15 is 0 Å². The van der Waals surface area contributed by atoms with Crippen LogP contribution < -0.4 is 0 Å². The highest BCUT2D eigenvalue weighted by Crippen LogP contribution is 2.26. The summed E-state index contributed by atoms with van der Waals surface area (Å²) in [6, 6.07) is 2.44. The molecule has 0 bridgehead atoms. The van der Waals surface area contributed by atoms with Gasteiger partial charge in [0.25, 0.3) is 5.89 Å². The first-order valence-corrected chi connectivity index (χ1v) is 4.52. The maximum atomic E-state index is 13.6. The summed E-state index contributed by atoms with van der Waals surface area (Å²) in [5.41, 5.74) is -0.0904. The second-order valence-electron chi connectivity index (χ2n) is 3.23. The van der Waals surface area contributed by atoms with Crippen molar-refractivity contribution in [1.29, 1.82) is 0 Å². The van der Waals surface area contributed by atoms with E-state index in [1.165, 1.54) is 13.0 Å². The van der Waals surface area contributed by atoms with E-state index in [0.717, 1.165) is 6.07 Å². The normalized spacial score (nSPS) is 10.8. The number of nitrogens with zero attached hydrogens (tertiary/aromatic N) is 2. The van der Waals surface area contributed by atoms with E-state index in [-0.39, 0.29) is 22.8 Å². The third-order valence-corrected chi connectivity index (χ3v) is 2.11. The van der Waals surface area contributed by atoms with Gasteiger partial charge < -0.3 is 9.63 Å². The van der Waals surface area contributed by atoms with Crippen molar-refractivity contribution in [2.45, 2.75) is 13.5 Å². The molecule has 2 rings (SSSR count). The van der Waals surface area contributed by atoms with E-state index in [4.69, 9.17) is 5.11 Å². The van der Waals surface area contributed by atoms with E-state index in [2.05, 4.69) is 14.7 Å². The number of aliphatic hydroxyl groups excluding tert-OH is 1. The van der Waals surface area contributed by atoms with Crippen LogP contribution in [0.3, 0.4) is 0 Å². The molecule has 0 atom stereocenters. The minimum atomic E-state index is -0.781. The second-order valence-corrected chi connectivity index (χ2v) is 3.23. The Morgan fingerprint density at radius 1 is 1.38 bits per heavy atom. The van der Waals surface area contributed by atoms with Crippen LogP contribution in [0.25, 0.3) is 11.5 Å². The molecule has 0 spiro atoms. The zero-order valence-corrected chi connectivity index (χ0v) is 8.37. The average Bonchev–Trinajstić information content (AvgIpc) is 2.73. The van der Waals surface area contributed by atoms with E-state index < -0.39 is 18.2 Å². The van der Waals surface area contributed by atoms with Crippen LogP contribution >= 0.6 is 0 Å². The van der Waals surface area contributed by atoms with Crippen LogP contribution in [0.5, 0.6) is 0 Å². The summed E-state index contributed by atoms with van der Waals surface area (Å²) >= 11 is 0. The number of rotatable bonds is 2. The van der Waals surface area contributed by atoms with Crippen molar-refractivity contribution >= 4 is 0 Å². The van der Waals surface area contributed by atoms with Crippen molar-refractivity contribution in [1.82, 2.24) is 10.1 Å². The molecule has 0 unspecified atom stereocenters. The molecule has 1 aromatic heterocycles. The second kappa shape index (κ2) is 3.97. The van der Waals surface area contributed by atoms with Crippen molar-refractivity contribution in [2.75, 3.05) is 0 Å². The van der Waals surface area contributed by atoms with Crippen LogP contribution in [0.4, 0.5) is 8.78 Å². The SMILES string of the molecule is Cc1ccc(F)c(-c2nc(CO)no2)c1F. The van der Waals surface area contributed by atoms with Crippen LogP contribution in [0, 0.1) is 18.6 Å². The van der Waals surface area contributed by atoms with Gasteiger partial charge in [-0.1, -0.05) is 11.2 Å². The first kappa shape index (κ1) is 10.7. The summed E-state index contributed by atoms with van der Waals surface area (Å²) in [6.07, 6.45) is 0. The lowest BCUT2D eigenvalue weighted by molar-refractivity contribution is 0.264. The molecule has 1 aromatic carbocycles. The quantitative estimate of drug-likeness (QED) is 0.848. The molecular weight excluding hydrogens is 218 g/mol. The molecule has 16 heavy (non-hydrogen) atoms. The van der Waals surface area contributed by atoms with Gasteiger partial charge in [-0.25, -0.2) is 8.78 Å². The number of hydrogen-bond acceptors (Lipinski definition) is 4. The van der Waals surface area contributed by atoms with Crippen molar-refractivity contribution in [3.8, 4) is 11.5 Å². The number of halogens is 2. The summed E-state index contributed by atoms with van der Waals surface area (Å²) < 4.78 is 31.7. The minimum Gasteiger partial charge on any atom is -0.388 e. The Labute approximate surface area is 89.5 Å². The molecule has 0 aliphatic heterocycles. The molecule has 84 valence electrons. The van der Waals surface area contributed by atoms with Gasteiger partial charge in [0, 0.05) is 0 Å². The van der Waals surface area contributed by atoms with Gasteiger partial charge in [-0.2, -0.15) is 4.98 Å². The average molecular weight is 226 g/mol. The van der Waals surface area contributed by atoms with Gasteiger partial charge in [0.05, 0.1) is 0 Å². The summed E-state index contributed by atoms with van der Waals surface area (Å²) in [6.45, 7) is 1.06. The van der Waals surface area contributed by atoms with E-state index in [9.17, 15) is 8.78 Å². The zero-order chi connectivity index (χ0) is 11.7. The summed E-state index contributed by atoms with van der Waals surface area (Å²) in [4.78, 5) is 3.65. The standard InChI is InChI=1S/C10H8F2N2O2/c1-5-2-3-6(11)8(9(5)12)10-13-7(4-15)14-16-10/h2-3,15H,4H2,1H3. The fraction of sp³-hybridized carbons (Fsp3) is 0.200. The number of hydrogen-bond donors (Lipinski definition) is 1. The summed E-state index contributed by atoms with van der Waals surface area (Å²) in [7, 11) is 0. The third kappa shape index (κ3) is 1.67. The fourth-order valence-electron chi connectivity index (χ4n) is 1.27. The van der Waals surface area contributed by atoms with Gasteiger partial charge in [-0.05, 0) is 18.6 Å². The topological polar surface area (TPSA) is 59.2 Å². The monoisotopic (exact) mass is 226 g/mol. The first-order valence-electron chi connectivity index (χ1n) is 4.52. The van der Waals surface area contributed by atoms with Crippen LogP contribution in [-0.2, 0) is 6.61 Å². The molecular formula is C10H8F2N2O2. The van der Waals surface area contributed by atoms with Gasteiger partial charge in [-0.15, -0.1) is 0 Å². The molecule has 0 aliphatic carbocycles. The van der Waals surface area contributed by atoms with Crippen LogP contribution in [0.1, 0.15) is 11.4 Å². The Bertz CT molecular complexity index is 526. The molecule has 0 amide bonds. The molecule has 0 aliphatic rings. The predicted molar refractivity (Wildman–Crippen MR) is 50.3 cm³/mol. The van der Waals surface area contributed by atoms with Crippen LogP contribution in [0.15, 0.2) is 16.7 Å². The largest absolute Gasteiger partial charge is 0.388 e. The Kier molecular flexibility index (Phi) is 2.66. The molecule has 6 heteroatoms. The number of benzene rings is 1. The summed E-state index contributed by atoms with van der Waals surface area (Å²) in [5.74, 6) is -1.82. The van der Waals surface area contributed by atoms with E-state index in [0.29, 0.717) is 0 Å². The lowest BCUT2D eigenvalue weighted by atomic mass is 10.1. The van der Waals surface area contributed by atoms with Crippen molar-refractivity contribution in [2.24, 2.45) is 0 Å². The first-order chi connectivity index (χ1) is 7.63. The van der Waals surface area contributed by atoms with Crippen LogP contribution in [-0.4, -0.2) is 15.2 Å². The Balaban J connectivity index is 2.58. The number of aromatic nitrogens is 2. The Hall–Kier alpha value is -1.82. The van der Waals surface area contributed by atoms with Crippen molar-refractivity contribution in [3.05, 3.63) is 35.2 Å².